The SMILES string of the molecule is CCCCCCCCCCCC/C=C/CC/C=C/CC/C=C/CCCC(O)C(O)C(COC1OC(CO)C(O)C(O)C1O)NC(=O)C(O)CCCCCCCC/C=C\CCCCCCCCCCCCCC. The van der Waals surface area contributed by atoms with Gasteiger partial charge in [-0.2, -0.15) is 0 Å². The van der Waals surface area contributed by atoms with Crippen molar-refractivity contribution in [1.82, 2.24) is 5.32 Å². The second kappa shape index (κ2) is 49.9. The number of rotatable bonds is 51. The van der Waals surface area contributed by atoms with Crippen LogP contribution < -0.4 is 5.32 Å². The summed E-state index contributed by atoms with van der Waals surface area (Å²) in [5.74, 6) is -0.716. The van der Waals surface area contributed by atoms with E-state index >= 15 is 0 Å². The van der Waals surface area contributed by atoms with Crippen molar-refractivity contribution >= 4 is 5.91 Å². The van der Waals surface area contributed by atoms with Gasteiger partial charge in [0.25, 0.3) is 0 Å². The van der Waals surface area contributed by atoms with E-state index in [4.69, 9.17) is 9.47 Å². The monoisotopic (exact) mass is 1020 g/mol. The molecule has 1 aliphatic heterocycles. The number of amides is 1. The highest BCUT2D eigenvalue weighted by atomic mass is 16.7. The van der Waals surface area contributed by atoms with Gasteiger partial charge in [0.05, 0.1) is 25.4 Å². The van der Waals surface area contributed by atoms with Crippen molar-refractivity contribution in [2.45, 2.75) is 319 Å². The van der Waals surface area contributed by atoms with Crippen LogP contribution in [0.5, 0.6) is 0 Å². The number of carbonyl (C=O) groups excluding carboxylic acids is 1. The number of hydrogen-bond acceptors (Lipinski definition) is 10. The Morgan fingerprint density at radius 3 is 1.24 bits per heavy atom. The van der Waals surface area contributed by atoms with E-state index in [1.807, 2.05) is 0 Å². The van der Waals surface area contributed by atoms with Crippen LogP contribution in [0.4, 0.5) is 0 Å². The maximum Gasteiger partial charge on any atom is 0.249 e. The molecule has 9 atom stereocenters. The minimum atomic E-state index is -1.68. The molecule has 0 radical (unpaired) electrons. The van der Waals surface area contributed by atoms with E-state index in [-0.39, 0.29) is 12.8 Å². The molecule has 422 valence electrons. The van der Waals surface area contributed by atoms with Gasteiger partial charge < -0.3 is 50.5 Å². The van der Waals surface area contributed by atoms with Crippen LogP contribution >= 0.6 is 0 Å². The first kappa shape index (κ1) is 68.1. The molecule has 11 heteroatoms. The van der Waals surface area contributed by atoms with Crippen molar-refractivity contribution in [3.63, 3.8) is 0 Å². The summed E-state index contributed by atoms with van der Waals surface area (Å²) in [7, 11) is 0. The fourth-order valence-electron chi connectivity index (χ4n) is 9.41. The molecule has 1 aliphatic rings. The van der Waals surface area contributed by atoms with E-state index in [1.54, 1.807) is 0 Å². The molecule has 0 aromatic carbocycles. The quantitative estimate of drug-likeness (QED) is 0.0215. The smallest absolute Gasteiger partial charge is 0.249 e. The summed E-state index contributed by atoms with van der Waals surface area (Å²) in [6.07, 6.45) is 51.7. The standard InChI is InChI=1S/C61H113NO10/c1-3-5-7-9-11-13-15-17-19-21-23-25-27-29-30-32-34-36-38-40-42-44-46-48-53(64)56(66)52(51-71-61-59(69)58(68)57(67)55(50-63)72-61)62-60(70)54(65)49-47-45-43-41-39-37-35-33-31-28-26-24-22-20-18-16-14-12-10-8-6-4-2/h25,27,31-34,40,42,52-59,61,63-69H,3-24,26,28-30,35-39,41,43-51H2,1-2H3,(H,62,70)/b27-25+,33-31-,34-32+,42-40+. The highest BCUT2D eigenvalue weighted by molar-refractivity contribution is 5.80. The van der Waals surface area contributed by atoms with Crippen molar-refractivity contribution in [3.05, 3.63) is 48.6 Å². The molecule has 0 aliphatic carbocycles. The summed E-state index contributed by atoms with van der Waals surface area (Å²) in [5.41, 5.74) is 0. The predicted octanol–water partition coefficient (Wildman–Crippen LogP) is 12.8. The number of nitrogens with one attached hydrogen (secondary N) is 1. The van der Waals surface area contributed by atoms with Crippen molar-refractivity contribution in [1.29, 1.82) is 0 Å². The van der Waals surface area contributed by atoms with Crippen LogP contribution in [0.15, 0.2) is 48.6 Å². The van der Waals surface area contributed by atoms with E-state index in [2.05, 4.69) is 67.8 Å². The van der Waals surface area contributed by atoms with Gasteiger partial charge in [-0.1, -0.05) is 223 Å². The third-order valence-electron chi connectivity index (χ3n) is 14.3. The minimum absolute atomic E-state index is 0.239. The molecule has 1 rings (SSSR count). The molecule has 0 spiro atoms. The van der Waals surface area contributed by atoms with Crippen LogP contribution in [0, 0.1) is 0 Å². The lowest BCUT2D eigenvalue weighted by atomic mass is 9.98. The van der Waals surface area contributed by atoms with Crippen LogP contribution in [0.25, 0.3) is 0 Å². The first-order valence-electron chi connectivity index (χ1n) is 30.0. The molecule has 1 amide bonds. The summed E-state index contributed by atoms with van der Waals surface area (Å²) in [6, 6.07) is -1.20. The van der Waals surface area contributed by atoms with Crippen molar-refractivity contribution < 1.29 is 50.0 Å². The van der Waals surface area contributed by atoms with E-state index in [1.165, 1.54) is 154 Å². The molecule has 1 heterocycles. The van der Waals surface area contributed by atoms with Gasteiger partial charge in [0.2, 0.25) is 5.91 Å². The zero-order chi connectivity index (χ0) is 52.5. The molecule has 8 N–H and O–H groups in total. The molecular weight excluding hydrogens is 907 g/mol. The van der Waals surface area contributed by atoms with Crippen molar-refractivity contribution in [3.8, 4) is 0 Å². The molecule has 0 saturated carbocycles. The van der Waals surface area contributed by atoms with E-state index in [9.17, 15) is 40.5 Å². The molecule has 9 unspecified atom stereocenters. The highest BCUT2D eigenvalue weighted by Crippen LogP contribution is 2.23. The van der Waals surface area contributed by atoms with Crippen LogP contribution in [0.1, 0.15) is 264 Å². The van der Waals surface area contributed by atoms with Crippen LogP contribution in [-0.2, 0) is 14.3 Å². The second-order valence-corrected chi connectivity index (χ2v) is 21.0. The summed E-state index contributed by atoms with van der Waals surface area (Å²) in [6.45, 7) is 3.45. The van der Waals surface area contributed by atoms with Gasteiger partial charge >= 0.3 is 0 Å². The van der Waals surface area contributed by atoms with E-state index in [0.717, 1.165) is 64.2 Å². The van der Waals surface area contributed by atoms with Crippen molar-refractivity contribution in [2.24, 2.45) is 0 Å². The number of hydrogen-bond donors (Lipinski definition) is 8. The minimum Gasteiger partial charge on any atom is -0.394 e. The lowest BCUT2D eigenvalue weighted by Gasteiger charge is -2.40. The zero-order valence-corrected chi connectivity index (χ0v) is 46.2. The highest BCUT2D eigenvalue weighted by Gasteiger charge is 2.44. The third kappa shape index (κ3) is 37.7. The Morgan fingerprint density at radius 2 is 0.833 bits per heavy atom. The fourth-order valence-corrected chi connectivity index (χ4v) is 9.41. The van der Waals surface area contributed by atoms with E-state index in [0.29, 0.717) is 19.3 Å². The topological polar surface area (TPSA) is 189 Å². The number of unbranched alkanes of at least 4 members (excludes halogenated alkanes) is 31. The average molecular weight is 1020 g/mol. The van der Waals surface area contributed by atoms with Gasteiger partial charge in [-0.3, -0.25) is 4.79 Å². The van der Waals surface area contributed by atoms with E-state index < -0.39 is 74.2 Å². The van der Waals surface area contributed by atoms with Gasteiger partial charge in [-0.05, 0) is 89.9 Å². The molecule has 1 fully saturated rings. The van der Waals surface area contributed by atoms with Crippen LogP contribution in [-0.4, -0.2) is 110 Å². The Balaban J connectivity index is 2.35. The first-order chi connectivity index (χ1) is 35.2. The zero-order valence-electron chi connectivity index (χ0n) is 46.2. The van der Waals surface area contributed by atoms with Gasteiger partial charge in [0, 0.05) is 0 Å². The largest absolute Gasteiger partial charge is 0.394 e. The van der Waals surface area contributed by atoms with Gasteiger partial charge in [0.1, 0.15) is 36.6 Å². The first-order valence-corrected chi connectivity index (χ1v) is 30.0. The number of aliphatic hydroxyl groups is 7. The van der Waals surface area contributed by atoms with Gasteiger partial charge in [-0.15, -0.1) is 0 Å². The third-order valence-corrected chi connectivity index (χ3v) is 14.3. The molecule has 11 nitrogen and oxygen atoms in total. The molecule has 0 bridgehead atoms. The van der Waals surface area contributed by atoms with Crippen LogP contribution in [0.2, 0.25) is 0 Å². The van der Waals surface area contributed by atoms with Crippen LogP contribution in [0.3, 0.4) is 0 Å². The number of aliphatic hydroxyl groups excluding tert-OH is 7. The summed E-state index contributed by atoms with van der Waals surface area (Å²) in [4.78, 5) is 13.2. The normalized spacial score (nSPS) is 20.4. The molecule has 1 saturated heterocycles. The summed E-state index contributed by atoms with van der Waals surface area (Å²) in [5, 5.41) is 76.2. The number of ether oxygens (including phenoxy) is 2. The lowest BCUT2D eigenvalue weighted by molar-refractivity contribution is -0.303. The predicted molar refractivity (Wildman–Crippen MR) is 298 cm³/mol. The Morgan fingerprint density at radius 1 is 0.472 bits per heavy atom. The molecule has 72 heavy (non-hydrogen) atoms. The van der Waals surface area contributed by atoms with Gasteiger partial charge in [-0.25, -0.2) is 0 Å². The second-order valence-electron chi connectivity index (χ2n) is 21.0. The fraction of sp³-hybridized carbons (Fsp3) is 0.852. The average Bonchev–Trinajstić information content (AvgIpc) is 3.38. The summed E-state index contributed by atoms with van der Waals surface area (Å²) < 4.78 is 11.1. The Kier molecular flexibility index (Phi) is 47.2. The molecule has 0 aromatic rings. The molecular formula is C61H113NO10. The molecule has 0 aromatic heterocycles. The Hall–Kier alpha value is -1.93. The maximum absolute atomic E-state index is 13.2. The number of allylic oxidation sites excluding steroid dienone is 8. The Labute approximate surface area is 440 Å². The summed E-state index contributed by atoms with van der Waals surface area (Å²) >= 11 is 0. The van der Waals surface area contributed by atoms with Gasteiger partial charge in [0.15, 0.2) is 6.29 Å². The Bertz CT molecular complexity index is 1310. The maximum atomic E-state index is 13.2. The van der Waals surface area contributed by atoms with Crippen molar-refractivity contribution in [2.75, 3.05) is 13.2 Å². The lowest BCUT2D eigenvalue weighted by Crippen LogP contribution is -2.60. The number of carbonyl (C=O) groups is 1.